The van der Waals surface area contributed by atoms with Crippen LogP contribution in [-0.4, -0.2) is 80.0 Å². The molecule has 1 unspecified atom stereocenters. The van der Waals surface area contributed by atoms with Gasteiger partial charge in [-0.05, 0) is 26.3 Å². The average Bonchev–Trinajstić information content (AvgIpc) is 2.77. The van der Waals surface area contributed by atoms with Crippen LogP contribution in [0.2, 0.25) is 0 Å². The number of hydrogen-bond acceptors (Lipinski definition) is 6. The number of ether oxygens (including phenoxy) is 3. The predicted molar refractivity (Wildman–Crippen MR) is 94.5 cm³/mol. The molecule has 0 radical (unpaired) electrons. The number of H-pyrrole nitrogens is 1. The summed E-state index contributed by atoms with van der Waals surface area (Å²) in [5.74, 6) is -0.536. The summed E-state index contributed by atoms with van der Waals surface area (Å²) in [6, 6.07) is 0. The average molecular weight is 365 g/mol. The van der Waals surface area contributed by atoms with Crippen LogP contribution in [0, 0.1) is 13.8 Å². The molecule has 1 aromatic rings. The summed E-state index contributed by atoms with van der Waals surface area (Å²) in [5.41, 5.74) is 1.63. The van der Waals surface area contributed by atoms with E-state index in [4.69, 9.17) is 14.2 Å². The molecule has 2 fully saturated rings. The number of aromatic amines is 1. The summed E-state index contributed by atoms with van der Waals surface area (Å²) in [5, 5.41) is 3.30. The van der Waals surface area contributed by atoms with Crippen molar-refractivity contribution in [1.82, 2.24) is 15.2 Å². The van der Waals surface area contributed by atoms with Crippen LogP contribution >= 0.6 is 0 Å². The molecular weight excluding hydrogens is 338 g/mol. The molecule has 26 heavy (non-hydrogen) atoms. The third-order valence-electron chi connectivity index (χ3n) is 4.90. The predicted octanol–water partition coefficient (Wildman–Crippen LogP) is 0.639. The van der Waals surface area contributed by atoms with E-state index < -0.39 is 11.6 Å². The highest BCUT2D eigenvalue weighted by molar-refractivity contribution is 6.00. The maximum atomic E-state index is 13.1. The van der Waals surface area contributed by atoms with Gasteiger partial charge in [0, 0.05) is 25.3 Å². The molecule has 8 nitrogen and oxygen atoms in total. The van der Waals surface area contributed by atoms with E-state index in [-0.39, 0.29) is 5.91 Å². The monoisotopic (exact) mass is 365 g/mol. The molecule has 0 aromatic carbocycles. The number of hydrogen-bond donors (Lipinski definition) is 2. The first-order valence-corrected chi connectivity index (χ1v) is 9.05. The molecule has 0 saturated carbocycles. The maximum absolute atomic E-state index is 13.1. The van der Waals surface area contributed by atoms with E-state index in [1.165, 1.54) is 0 Å². The third kappa shape index (κ3) is 3.62. The van der Waals surface area contributed by atoms with E-state index in [0.29, 0.717) is 68.6 Å². The maximum Gasteiger partial charge on any atom is 0.340 e. The molecule has 1 spiro atoms. The quantitative estimate of drug-likeness (QED) is 0.764. The second kappa shape index (κ2) is 7.77. The molecule has 2 saturated heterocycles. The Morgan fingerprint density at radius 1 is 1.31 bits per heavy atom. The number of aromatic nitrogens is 1. The number of carbonyl (C=O) groups is 2. The summed E-state index contributed by atoms with van der Waals surface area (Å²) < 4.78 is 16.7. The van der Waals surface area contributed by atoms with Crippen LogP contribution in [0.1, 0.15) is 39.0 Å². The van der Waals surface area contributed by atoms with Crippen molar-refractivity contribution in [3.8, 4) is 0 Å². The van der Waals surface area contributed by atoms with Gasteiger partial charge in [0.1, 0.15) is 11.3 Å². The molecule has 1 atom stereocenters. The topological polar surface area (TPSA) is 92.9 Å². The molecule has 0 aliphatic carbocycles. The van der Waals surface area contributed by atoms with Gasteiger partial charge >= 0.3 is 5.97 Å². The van der Waals surface area contributed by atoms with E-state index >= 15 is 0 Å². The Balaban J connectivity index is 1.80. The van der Waals surface area contributed by atoms with Gasteiger partial charge in [0.05, 0.1) is 38.5 Å². The lowest BCUT2D eigenvalue weighted by atomic mass is 10.0. The molecule has 3 heterocycles. The molecule has 2 N–H and O–H groups in total. The smallest absolute Gasteiger partial charge is 0.340 e. The Morgan fingerprint density at radius 2 is 2.12 bits per heavy atom. The lowest BCUT2D eigenvalue weighted by molar-refractivity contribution is -0.125. The number of esters is 1. The van der Waals surface area contributed by atoms with Gasteiger partial charge < -0.3 is 29.4 Å². The number of morpholine rings is 1. The molecule has 2 aliphatic rings. The first-order valence-electron chi connectivity index (χ1n) is 9.05. The summed E-state index contributed by atoms with van der Waals surface area (Å²) in [6.45, 7) is 9.54. The van der Waals surface area contributed by atoms with Crippen molar-refractivity contribution in [3.05, 3.63) is 22.5 Å². The minimum Gasteiger partial charge on any atom is -0.462 e. The van der Waals surface area contributed by atoms with Gasteiger partial charge in [-0.3, -0.25) is 4.79 Å². The van der Waals surface area contributed by atoms with E-state index in [2.05, 4.69) is 10.3 Å². The number of rotatable bonds is 3. The van der Waals surface area contributed by atoms with Gasteiger partial charge in [-0.1, -0.05) is 0 Å². The summed E-state index contributed by atoms with van der Waals surface area (Å²) in [4.78, 5) is 30.1. The SMILES string of the molecule is CCOC(=O)c1c(C)[nH]c(C(=O)N2CCOC3(CNCCOC3)C2)c1C. The third-order valence-corrected chi connectivity index (χ3v) is 4.90. The molecule has 1 amide bonds. The van der Waals surface area contributed by atoms with Crippen molar-refractivity contribution < 1.29 is 23.8 Å². The number of amides is 1. The Labute approximate surface area is 153 Å². The van der Waals surface area contributed by atoms with Crippen molar-refractivity contribution in [3.63, 3.8) is 0 Å². The summed E-state index contributed by atoms with van der Waals surface area (Å²) >= 11 is 0. The van der Waals surface area contributed by atoms with Crippen LogP contribution in [0.15, 0.2) is 0 Å². The van der Waals surface area contributed by atoms with Crippen LogP contribution < -0.4 is 5.32 Å². The molecule has 1 aromatic heterocycles. The number of carbonyl (C=O) groups excluding carboxylic acids is 2. The molecule has 8 heteroatoms. The molecule has 144 valence electrons. The molecule has 2 aliphatic heterocycles. The van der Waals surface area contributed by atoms with Crippen LogP contribution in [0.5, 0.6) is 0 Å². The first-order chi connectivity index (χ1) is 12.5. The van der Waals surface area contributed by atoms with Crippen LogP contribution in [0.4, 0.5) is 0 Å². The Hall–Kier alpha value is -1.90. The van der Waals surface area contributed by atoms with Crippen LogP contribution in [0.3, 0.4) is 0 Å². The second-order valence-corrected chi connectivity index (χ2v) is 6.83. The van der Waals surface area contributed by atoms with E-state index in [9.17, 15) is 9.59 Å². The second-order valence-electron chi connectivity index (χ2n) is 6.83. The lowest BCUT2D eigenvalue weighted by Crippen LogP contribution is -2.59. The largest absolute Gasteiger partial charge is 0.462 e. The molecule has 3 rings (SSSR count). The van der Waals surface area contributed by atoms with Crippen LogP contribution in [0.25, 0.3) is 0 Å². The number of aryl methyl sites for hydroxylation is 1. The lowest BCUT2D eigenvalue weighted by Gasteiger charge is -2.41. The van der Waals surface area contributed by atoms with Gasteiger partial charge in [-0.15, -0.1) is 0 Å². The molecule has 0 bridgehead atoms. The van der Waals surface area contributed by atoms with Crippen molar-refractivity contribution in [2.75, 3.05) is 52.6 Å². The standard InChI is InChI=1S/C18H27N3O5/c1-4-25-17(23)14-12(2)15(20-13(14)3)16(22)21-6-8-26-18(10-21)9-19-5-7-24-11-18/h19-20H,4-11H2,1-3H3. The van der Waals surface area contributed by atoms with Gasteiger partial charge in [-0.25, -0.2) is 4.79 Å². The van der Waals surface area contributed by atoms with Gasteiger partial charge in [0.15, 0.2) is 0 Å². The van der Waals surface area contributed by atoms with Crippen molar-refractivity contribution >= 4 is 11.9 Å². The number of nitrogens with one attached hydrogen (secondary N) is 2. The summed E-state index contributed by atoms with van der Waals surface area (Å²) in [6.07, 6.45) is 0. The fourth-order valence-electron chi connectivity index (χ4n) is 3.61. The van der Waals surface area contributed by atoms with E-state index in [1.54, 1.807) is 25.7 Å². The zero-order valence-electron chi connectivity index (χ0n) is 15.6. The Kier molecular flexibility index (Phi) is 5.64. The van der Waals surface area contributed by atoms with Crippen molar-refractivity contribution in [2.24, 2.45) is 0 Å². The van der Waals surface area contributed by atoms with Crippen LogP contribution in [-0.2, 0) is 14.2 Å². The Bertz CT molecular complexity index is 677. The minimum atomic E-state index is -0.524. The van der Waals surface area contributed by atoms with E-state index in [1.807, 2.05) is 0 Å². The van der Waals surface area contributed by atoms with Gasteiger partial charge in [-0.2, -0.15) is 0 Å². The highest BCUT2D eigenvalue weighted by atomic mass is 16.5. The van der Waals surface area contributed by atoms with Gasteiger partial charge in [0.2, 0.25) is 0 Å². The zero-order valence-corrected chi connectivity index (χ0v) is 15.6. The molecular formula is C18H27N3O5. The zero-order chi connectivity index (χ0) is 18.7. The normalized spacial score (nSPS) is 23.7. The van der Waals surface area contributed by atoms with E-state index in [0.717, 1.165) is 6.54 Å². The summed E-state index contributed by atoms with van der Waals surface area (Å²) in [7, 11) is 0. The van der Waals surface area contributed by atoms with Crippen molar-refractivity contribution in [2.45, 2.75) is 26.4 Å². The Morgan fingerprint density at radius 3 is 2.88 bits per heavy atom. The van der Waals surface area contributed by atoms with Crippen molar-refractivity contribution in [1.29, 1.82) is 0 Å². The number of nitrogens with zero attached hydrogens (tertiary/aromatic N) is 1. The minimum absolute atomic E-state index is 0.131. The highest BCUT2D eigenvalue weighted by Gasteiger charge is 2.40. The highest BCUT2D eigenvalue weighted by Crippen LogP contribution is 2.24. The van der Waals surface area contributed by atoms with Gasteiger partial charge in [0.25, 0.3) is 5.91 Å². The first kappa shape index (κ1) is 18.9. The fraction of sp³-hybridized carbons (Fsp3) is 0.667. The fourth-order valence-corrected chi connectivity index (χ4v) is 3.61.